The molecule has 0 bridgehead atoms. The number of nitrogens with one attached hydrogen (secondary N) is 1. The highest BCUT2D eigenvalue weighted by Gasteiger charge is 2.05. The number of nitrogens with zero attached hydrogens (tertiary/aromatic N) is 1. The van der Waals surface area contributed by atoms with Crippen LogP contribution < -0.4 is 14.8 Å². The third kappa shape index (κ3) is 3.37. The molecule has 0 saturated heterocycles. The van der Waals surface area contributed by atoms with Gasteiger partial charge in [-0.25, -0.2) is 0 Å². The van der Waals surface area contributed by atoms with Crippen molar-refractivity contribution in [1.29, 1.82) is 0 Å². The second-order valence-electron chi connectivity index (χ2n) is 4.21. The van der Waals surface area contributed by atoms with E-state index in [2.05, 4.69) is 10.3 Å². The Labute approximate surface area is 113 Å². The van der Waals surface area contributed by atoms with Crippen LogP contribution in [0.25, 0.3) is 0 Å². The van der Waals surface area contributed by atoms with Crippen molar-refractivity contribution < 1.29 is 9.47 Å². The number of ether oxygens (including phenoxy) is 2. The number of hydrogen-bond donors (Lipinski definition) is 1. The van der Waals surface area contributed by atoms with Crippen molar-refractivity contribution in [2.45, 2.75) is 13.5 Å². The minimum absolute atomic E-state index is 0.475. The zero-order valence-electron chi connectivity index (χ0n) is 11.4. The van der Waals surface area contributed by atoms with Crippen molar-refractivity contribution in [2.75, 3.05) is 19.5 Å². The number of aryl methyl sites for hydroxylation is 1. The highest BCUT2D eigenvalue weighted by atomic mass is 16.5. The average Bonchev–Trinajstić information content (AvgIpc) is 2.46. The predicted molar refractivity (Wildman–Crippen MR) is 75.8 cm³/mol. The molecule has 100 valence electrons. The minimum Gasteiger partial charge on any atom is -0.493 e. The summed E-state index contributed by atoms with van der Waals surface area (Å²) in [6, 6.07) is 9.73. The van der Waals surface area contributed by atoms with E-state index < -0.39 is 0 Å². The first-order valence-electron chi connectivity index (χ1n) is 6.13. The predicted octanol–water partition coefficient (Wildman–Crippen LogP) is 3.02. The van der Waals surface area contributed by atoms with Crippen LogP contribution in [0.15, 0.2) is 36.5 Å². The number of methoxy groups -OCH3 is 1. The van der Waals surface area contributed by atoms with Gasteiger partial charge in [0, 0.05) is 36.3 Å². The SMILES string of the molecule is CNc1ccc(OCc2ccc(C)nc2)c(OC)c1. The maximum absolute atomic E-state index is 5.76. The standard InChI is InChI=1S/C15H18N2O2/c1-11-4-5-12(9-17-11)10-19-14-7-6-13(16-2)8-15(14)18-3/h4-9,16H,10H2,1-3H3. The van der Waals surface area contributed by atoms with E-state index in [4.69, 9.17) is 9.47 Å². The highest BCUT2D eigenvalue weighted by molar-refractivity contribution is 5.54. The van der Waals surface area contributed by atoms with E-state index in [1.165, 1.54) is 0 Å². The van der Waals surface area contributed by atoms with Crippen LogP contribution >= 0.6 is 0 Å². The van der Waals surface area contributed by atoms with Crippen LogP contribution in [-0.2, 0) is 6.61 Å². The molecule has 0 fully saturated rings. The van der Waals surface area contributed by atoms with Crippen molar-refractivity contribution in [3.05, 3.63) is 47.8 Å². The molecule has 19 heavy (non-hydrogen) atoms. The molecule has 0 spiro atoms. The third-order valence-corrected chi connectivity index (χ3v) is 2.82. The van der Waals surface area contributed by atoms with Crippen molar-refractivity contribution in [3.8, 4) is 11.5 Å². The lowest BCUT2D eigenvalue weighted by molar-refractivity contribution is 0.284. The molecular weight excluding hydrogens is 240 g/mol. The quantitative estimate of drug-likeness (QED) is 0.895. The van der Waals surface area contributed by atoms with Gasteiger partial charge in [0.1, 0.15) is 6.61 Å². The number of hydrogen-bond acceptors (Lipinski definition) is 4. The maximum atomic E-state index is 5.76. The molecule has 1 N–H and O–H groups in total. The molecule has 0 aliphatic carbocycles. The Morgan fingerprint density at radius 3 is 2.63 bits per heavy atom. The van der Waals surface area contributed by atoms with Gasteiger partial charge in [-0.3, -0.25) is 4.98 Å². The first-order valence-corrected chi connectivity index (χ1v) is 6.13. The maximum Gasteiger partial charge on any atom is 0.162 e. The van der Waals surface area contributed by atoms with E-state index in [9.17, 15) is 0 Å². The molecule has 0 aliphatic heterocycles. The summed E-state index contributed by atoms with van der Waals surface area (Å²) < 4.78 is 11.1. The fraction of sp³-hybridized carbons (Fsp3) is 0.267. The summed E-state index contributed by atoms with van der Waals surface area (Å²) in [7, 11) is 3.50. The summed E-state index contributed by atoms with van der Waals surface area (Å²) in [4.78, 5) is 4.24. The molecule has 2 aromatic rings. The van der Waals surface area contributed by atoms with Crippen LogP contribution in [0.2, 0.25) is 0 Å². The van der Waals surface area contributed by atoms with Crippen LogP contribution in [0.4, 0.5) is 5.69 Å². The molecule has 1 heterocycles. The Kier molecular flexibility index (Phi) is 4.23. The van der Waals surface area contributed by atoms with Gasteiger partial charge in [0.15, 0.2) is 11.5 Å². The third-order valence-electron chi connectivity index (χ3n) is 2.82. The summed E-state index contributed by atoms with van der Waals surface area (Å²) >= 11 is 0. The van der Waals surface area contributed by atoms with Gasteiger partial charge < -0.3 is 14.8 Å². The van der Waals surface area contributed by atoms with Gasteiger partial charge in [-0.1, -0.05) is 6.07 Å². The zero-order valence-corrected chi connectivity index (χ0v) is 11.4. The molecule has 2 rings (SSSR count). The van der Waals surface area contributed by atoms with Gasteiger partial charge in [0.2, 0.25) is 0 Å². The molecule has 1 aromatic carbocycles. The Morgan fingerprint density at radius 1 is 1.16 bits per heavy atom. The summed E-state index contributed by atoms with van der Waals surface area (Å²) in [5.74, 6) is 1.44. The van der Waals surface area contributed by atoms with Gasteiger partial charge in [-0.2, -0.15) is 0 Å². The van der Waals surface area contributed by atoms with E-state index in [1.54, 1.807) is 7.11 Å². The second-order valence-corrected chi connectivity index (χ2v) is 4.21. The van der Waals surface area contributed by atoms with E-state index >= 15 is 0 Å². The van der Waals surface area contributed by atoms with E-state index in [-0.39, 0.29) is 0 Å². The van der Waals surface area contributed by atoms with Crippen molar-refractivity contribution in [2.24, 2.45) is 0 Å². The molecule has 0 saturated carbocycles. The minimum atomic E-state index is 0.475. The van der Waals surface area contributed by atoms with Crippen molar-refractivity contribution >= 4 is 5.69 Å². The van der Waals surface area contributed by atoms with Crippen LogP contribution in [0.1, 0.15) is 11.3 Å². The average molecular weight is 258 g/mol. The summed E-state index contributed by atoms with van der Waals surface area (Å²) in [6.07, 6.45) is 1.82. The molecular formula is C15H18N2O2. The molecule has 0 aliphatic rings. The zero-order chi connectivity index (χ0) is 13.7. The number of aromatic nitrogens is 1. The number of anilines is 1. The van der Waals surface area contributed by atoms with Crippen LogP contribution in [0.3, 0.4) is 0 Å². The van der Waals surface area contributed by atoms with Gasteiger partial charge in [-0.15, -0.1) is 0 Å². The second kappa shape index (κ2) is 6.09. The van der Waals surface area contributed by atoms with E-state index in [0.717, 1.165) is 22.7 Å². The molecule has 0 radical (unpaired) electrons. The molecule has 4 heteroatoms. The summed E-state index contributed by atoms with van der Waals surface area (Å²) in [6.45, 7) is 2.44. The van der Waals surface area contributed by atoms with Crippen LogP contribution in [0.5, 0.6) is 11.5 Å². The van der Waals surface area contributed by atoms with Gasteiger partial charge >= 0.3 is 0 Å². The number of rotatable bonds is 5. The number of pyridine rings is 1. The van der Waals surface area contributed by atoms with Crippen LogP contribution in [-0.4, -0.2) is 19.1 Å². The van der Waals surface area contributed by atoms with Crippen LogP contribution in [0, 0.1) is 6.92 Å². The Morgan fingerprint density at radius 2 is 2.00 bits per heavy atom. The van der Waals surface area contributed by atoms with Gasteiger partial charge in [0.25, 0.3) is 0 Å². The monoisotopic (exact) mass is 258 g/mol. The lowest BCUT2D eigenvalue weighted by Gasteiger charge is -2.12. The van der Waals surface area contributed by atoms with Crippen molar-refractivity contribution in [3.63, 3.8) is 0 Å². The fourth-order valence-corrected chi connectivity index (χ4v) is 1.69. The Balaban J connectivity index is 2.08. The van der Waals surface area contributed by atoms with Gasteiger partial charge in [0.05, 0.1) is 7.11 Å². The Bertz CT molecular complexity index is 538. The van der Waals surface area contributed by atoms with Gasteiger partial charge in [-0.05, 0) is 25.1 Å². The highest BCUT2D eigenvalue weighted by Crippen LogP contribution is 2.30. The lowest BCUT2D eigenvalue weighted by atomic mass is 10.2. The largest absolute Gasteiger partial charge is 0.493 e. The number of benzene rings is 1. The topological polar surface area (TPSA) is 43.4 Å². The lowest BCUT2D eigenvalue weighted by Crippen LogP contribution is -1.99. The Hall–Kier alpha value is -2.23. The molecule has 4 nitrogen and oxygen atoms in total. The first kappa shape index (κ1) is 13.2. The van der Waals surface area contributed by atoms with E-state index in [1.807, 2.05) is 50.5 Å². The molecule has 0 amide bonds. The fourth-order valence-electron chi connectivity index (χ4n) is 1.69. The molecule has 1 aromatic heterocycles. The molecule has 0 atom stereocenters. The van der Waals surface area contributed by atoms with E-state index in [0.29, 0.717) is 12.4 Å². The molecule has 0 unspecified atom stereocenters. The van der Waals surface area contributed by atoms with Crippen molar-refractivity contribution in [1.82, 2.24) is 4.98 Å². The first-order chi connectivity index (χ1) is 9.22. The normalized spacial score (nSPS) is 10.1. The summed E-state index contributed by atoms with van der Waals surface area (Å²) in [5, 5.41) is 3.06. The smallest absolute Gasteiger partial charge is 0.162 e. The summed E-state index contributed by atoms with van der Waals surface area (Å²) in [5.41, 5.74) is 3.02.